The molecule has 1 rings (SSSR count). The van der Waals surface area contributed by atoms with E-state index in [-0.39, 0.29) is 16.2 Å². The van der Waals surface area contributed by atoms with Crippen molar-refractivity contribution in [3.05, 3.63) is 17.0 Å². The average Bonchev–Trinajstić information content (AvgIpc) is 2.42. The minimum Gasteiger partial charge on any atom is -0.281 e. The number of H-pyrrole nitrogens is 1. The number of hydrogen-bond acceptors (Lipinski definition) is 1. The summed E-state index contributed by atoms with van der Waals surface area (Å²) >= 11 is 0. The summed E-state index contributed by atoms with van der Waals surface area (Å²) in [5.41, 5.74) is 4.18. The van der Waals surface area contributed by atoms with Gasteiger partial charge in [0.05, 0.1) is 5.69 Å². The maximum Gasteiger partial charge on any atom is 0.0715 e. The van der Waals surface area contributed by atoms with E-state index >= 15 is 0 Å². The third kappa shape index (κ3) is 2.91. The van der Waals surface area contributed by atoms with Gasteiger partial charge < -0.3 is 0 Å². The first-order valence-electron chi connectivity index (χ1n) is 6.45. The normalized spacial score (nSPS) is 14.2. The van der Waals surface area contributed by atoms with Gasteiger partial charge in [-0.3, -0.25) is 5.10 Å². The molecule has 2 heteroatoms. The van der Waals surface area contributed by atoms with Crippen molar-refractivity contribution in [2.24, 2.45) is 0 Å². The van der Waals surface area contributed by atoms with E-state index in [4.69, 9.17) is 0 Å². The second-order valence-electron chi connectivity index (χ2n) is 8.07. The van der Waals surface area contributed by atoms with Crippen molar-refractivity contribution in [2.45, 2.75) is 78.6 Å². The topological polar surface area (TPSA) is 28.7 Å². The molecule has 1 aromatic heterocycles. The van der Waals surface area contributed by atoms with Crippen molar-refractivity contribution in [1.29, 1.82) is 0 Å². The molecule has 0 unspecified atom stereocenters. The zero-order chi connectivity index (χ0) is 13.6. The van der Waals surface area contributed by atoms with Crippen molar-refractivity contribution in [3.8, 4) is 0 Å². The molecule has 1 N–H and O–H groups in total. The van der Waals surface area contributed by atoms with E-state index in [9.17, 15) is 0 Å². The zero-order valence-corrected chi connectivity index (χ0v) is 12.9. The molecule has 0 radical (unpaired) electrons. The summed E-state index contributed by atoms with van der Waals surface area (Å²) in [6.07, 6.45) is 0. The lowest BCUT2D eigenvalue weighted by Gasteiger charge is -2.29. The first kappa shape index (κ1) is 14.3. The van der Waals surface area contributed by atoms with Crippen LogP contribution in [0.25, 0.3) is 0 Å². The molecular formula is C15H28N2. The van der Waals surface area contributed by atoms with Gasteiger partial charge >= 0.3 is 0 Å². The second-order valence-corrected chi connectivity index (χ2v) is 8.07. The van der Waals surface area contributed by atoms with Crippen molar-refractivity contribution in [3.63, 3.8) is 0 Å². The first-order chi connectivity index (χ1) is 7.35. The molecule has 0 bridgehead atoms. The molecule has 2 nitrogen and oxygen atoms in total. The Morgan fingerprint density at radius 2 is 1.18 bits per heavy atom. The Kier molecular flexibility index (Phi) is 3.24. The summed E-state index contributed by atoms with van der Waals surface area (Å²) in [5.74, 6) is 0. The minimum absolute atomic E-state index is 0.0859. The standard InChI is InChI=1S/C15H28N2/c1-13(2,3)10-11(14(4,5)6)16-17-12(10)15(7,8)9/h1-9H3,(H,16,17). The van der Waals surface area contributed by atoms with Crippen LogP contribution < -0.4 is 0 Å². The van der Waals surface area contributed by atoms with E-state index in [1.54, 1.807) is 0 Å². The largest absolute Gasteiger partial charge is 0.281 e. The highest BCUT2D eigenvalue weighted by Gasteiger charge is 2.34. The molecule has 1 aromatic rings. The van der Waals surface area contributed by atoms with Gasteiger partial charge in [0, 0.05) is 22.1 Å². The lowest BCUT2D eigenvalue weighted by Crippen LogP contribution is -2.25. The van der Waals surface area contributed by atoms with Gasteiger partial charge in [-0.25, -0.2) is 0 Å². The van der Waals surface area contributed by atoms with Gasteiger partial charge in [0.1, 0.15) is 0 Å². The van der Waals surface area contributed by atoms with Gasteiger partial charge in [-0.2, -0.15) is 5.10 Å². The van der Waals surface area contributed by atoms with Crippen molar-refractivity contribution in [2.75, 3.05) is 0 Å². The monoisotopic (exact) mass is 236 g/mol. The Balaban J connectivity index is 3.53. The van der Waals surface area contributed by atoms with Crippen molar-refractivity contribution in [1.82, 2.24) is 10.2 Å². The van der Waals surface area contributed by atoms with Crippen LogP contribution in [0.3, 0.4) is 0 Å². The van der Waals surface area contributed by atoms with Crippen molar-refractivity contribution < 1.29 is 0 Å². The molecule has 0 fully saturated rings. The summed E-state index contributed by atoms with van der Waals surface area (Å²) in [5, 5.41) is 7.87. The molecule has 0 atom stereocenters. The quantitative estimate of drug-likeness (QED) is 0.714. The van der Waals surface area contributed by atoms with Crippen molar-refractivity contribution >= 4 is 0 Å². The summed E-state index contributed by atoms with van der Waals surface area (Å²) in [6.45, 7) is 20.2. The van der Waals surface area contributed by atoms with Gasteiger partial charge in [0.25, 0.3) is 0 Å². The van der Waals surface area contributed by atoms with Crippen LogP contribution in [-0.4, -0.2) is 10.2 Å². The predicted molar refractivity (Wildman–Crippen MR) is 74.7 cm³/mol. The maximum absolute atomic E-state index is 4.60. The highest BCUT2D eigenvalue weighted by atomic mass is 15.1. The number of aromatic nitrogens is 2. The minimum atomic E-state index is 0.0859. The molecule has 17 heavy (non-hydrogen) atoms. The number of hydrogen-bond donors (Lipinski definition) is 1. The number of rotatable bonds is 0. The summed E-state index contributed by atoms with van der Waals surface area (Å²) in [6, 6.07) is 0. The fourth-order valence-corrected chi connectivity index (χ4v) is 2.16. The maximum atomic E-state index is 4.60. The van der Waals surface area contributed by atoms with E-state index in [0.717, 1.165) is 0 Å². The summed E-state index contributed by atoms with van der Waals surface area (Å²) < 4.78 is 0. The predicted octanol–water partition coefficient (Wildman–Crippen LogP) is 4.30. The third-order valence-corrected chi connectivity index (χ3v) is 2.98. The molecule has 0 saturated heterocycles. The Labute approximate surface area is 106 Å². The fourth-order valence-electron chi connectivity index (χ4n) is 2.16. The summed E-state index contributed by atoms with van der Waals surface area (Å²) in [4.78, 5) is 0. The van der Waals surface area contributed by atoms with Crippen LogP contribution in [0.4, 0.5) is 0 Å². The molecule has 0 amide bonds. The van der Waals surface area contributed by atoms with Gasteiger partial charge in [-0.05, 0) is 5.41 Å². The molecule has 0 saturated carbocycles. The number of aromatic amines is 1. The Morgan fingerprint density at radius 3 is 1.47 bits per heavy atom. The molecule has 0 aliphatic heterocycles. The smallest absolute Gasteiger partial charge is 0.0715 e. The highest BCUT2D eigenvalue weighted by Crippen LogP contribution is 2.38. The molecule has 0 spiro atoms. The van der Waals surface area contributed by atoms with Crippen LogP contribution in [0.5, 0.6) is 0 Å². The van der Waals surface area contributed by atoms with Gasteiger partial charge in [0.2, 0.25) is 0 Å². The van der Waals surface area contributed by atoms with Gasteiger partial charge in [0.15, 0.2) is 0 Å². The van der Waals surface area contributed by atoms with Crippen LogP contribution in [0.1, 0.15) is 79.3 Å². The SMILES string of the molecule is CC(C)(C)c1n[nH]c(C(C)(C)C)c1C(C)(C)C. The average molecular weight is 236 g/mol. The number of nitrogens with one attached hydrogen (secondary N) is 1. The molecule has 0 aromatic carbocycles. The van der Waals surface area contributed by atoms with Crippen LogP contribution in [-0.2, 0) is 16.2 Å². The Hall–Kier alpha value is -0.790. The van der Waals surface area contributed by atoms with E-state index in [2.05, 4.69) is 72.5 Å². The van der Waals surface area contributed by atoms with Crippen LogP contribution in [0, 0.1) is 0 Å². The molecule has 1 heterocycles. The van der Waals surface area contributed by atoms with E-state index < -0.39 is 0 Å². The van der Waals surface area contributed by atoms with Gasteiger partial charge in [-0.15, -0.1) is 0 Å². The van der Waals surface area contributed by atoms with Crippen LogP contribution in [0.15, 0.2) is 0 Å². The fraction of sp³-hybridized carbons (Fsp3) is 0.800. The van der Waals surface area contributed by atoms with Crippen LogP contribution >= 0.6 is 0 Å². The molecule has 98 valence electrons. The highest BCUT2D eigenvalue weighted by molar-refractivity contribution is 5.39. The lowest BCUT2D eigenvalue weighted by atomic mass is 9.74. The first-order valence-corrected chi connectivity index (χ1v) is 6.45. The van der Waals surface area contributed by atoms with Crippen LogP contribution in [0.2, 0.25) is 0 Å². The molecule has 0 aliphatic rings. The number of nitrogens with zero attached hydrogens (tertiary/aromatic N) is 1. The lowest BCUT2D eigenvalue weighted by molar-refractivity contribution is 0.499. The molecular weight excluding hydrogens is 208 g/mol. The van der Waals surface area contributed by atoms with Gasteiger partial charge in [-0.1, -0.05) is 62.3 Å². The second kappa shape index (κ2) is 3.86. The van der Waals surface area contributed by atoms with E-state index in [1.165, 1.54) is 17.0 Å². The Morgan fingerprint density at radius 1 is 0.706 bits per heavy atom. The Bertz CT molecular complexity index is 361. The molecule has 0 aliphatic carbocycles. The zero-order valence-electron chi connectivity index (χ0n) is 12.9. The van der Waals surface area contributed by atoms with E-state index in [1.807, 2.05) is 0 Å². The third-order valence-electron chi connectivity index (χ3n) is 2.98. The van der Waals surface area contributed by atoms with E-state index in [0.29, 0.717) is 0 Å². The summed E-state index contributed by atoms with van der Waals surface area (Å²) in [7, 11) is 0.